The van der Waals surface area contributed by atoms with Crippen LogP contribution in [0.4, 0.5) is 9.52 Å². The Balaban J connectivity index is 1.88. The lowest BCUT2D eigenvalue weighted by molar-refractivity contribution is -0.116. The first-order chi connectivity index (χ1) is 12.0. The first-order valence-electron chi connectivity index (χ1n) is 8.01. The maximum Gasteiger partial charge on any atom is 0.226 e. The summed E-state index contributed by atoms with van der Waals surface area (Å²) in [5.41, 5.74) is 2.74. The van der Waals surface area contributed by atoms with E-state index in [0.717, 1.165) is 16.7 Å². The smallest absolute Gasteiger partial charge is 0.226 e. The number of halogens is 1. The van der Waals surface area contributed by atoms with E-state index in [0.29, 0.717) is 16.6 Å². The third-order valence-electron chi connectivity index (χ3n) is 3.58. The van der Waals surface area contributed by atoms with E-state index in [2.05, 4.69) is 15.5 Å². The molecule has 0 spiro atoms. The number of carbonyl (C=O) groups excluding carboxylic acids is 1. The maximum atomic E-state index is 13.2. The first kappa shape index (κ1) is 17.2. The van der Waals surface area contributed by atoms with Crippen molar-refractivity contribution in [3.05, 3.63) is 54.3 Å². The minimum absolute atomic E-state index is 0.0653. The Kier molecular flexibility index (Phi) is 5.19. The third kappa shape index (κ3) is 4.28. The number of nitrogens with one attached hydrogen (secondary N) is 1. The van der Waals surface area contributed by atoms with Crippen molar-refractivity contribution in [1.29, 1.82) is 0 Å². The quantitative estimate of drug-likeness (QED) is 0.701. The van der Waals surface area contributed by atoms with Crippen molar-refractivity contribution in [1.82, 2.24) is 10.2 Å². The fraction of sp³-hybridized carbons (Fsp3) is 0.211. The van der Waals surface area contributed by atoms with Crippen LogP contribution >= 0.6 is 11.3 Å². The molecule has 25 heavy (non-hydrogen) atoms. The van der Waals surface area contributed by atoms with Gasteiger partial charge in [-0.3, -0.25) is 4.79 Å². The normalized spacial score (nSPS) is 10.9. The van der Waals surface area contributed by atoms with Gasteiger partial charge in [-0.1, -0.05) is 61.6 Å². The zero-order valence-corrected chi connectivity index (χ0v) is 14.8. The van der Waals surface area contributed by atoms with Gasteiger partial charge >= 0.3 is 0 Å². The van der Waals surface area contributed by atoms with Gasteiger partial charge in [0.2, 0.25) is 11.0 Å². The Morgan fingerprint density at radius 2 is 1.76 bits per heavy atom. The van der Waals surface area contributed by atoms with Crippen LogP contribution in [0.15, 0.2) is 48.5 Å². The molecule has 0 saturated carbocycles. The molecule has 3 rings (SSSR count). The average molecular weight is 355 g/mol. The van der Waals surface area contributed by atoms with E-state index in [4.69, 9.17) is 0 Å². The Morgan fingerprint density at radius 1 is 1.08 bits per heavy atom. The van der Waals surface area contributed by atoms with Gasteiger partial charge in [0.15, 0.2) is 0 Å². The van der Waals surface area contributed by atoms with Crippen molar-refractivity contribution in [2.24, 2.45) is 5.92 Å². The molecule has 128 valence electrons. The molecule has 0 bridgehead atoms. The summed E-state index contributed by atoms with van der Waals surface area (Å²) < 4.78 is 13.2. The zero-order chi connectivity index (χ0) is 17.8. The summed E-state index contributed by atoms with van der Waals surface area (Å²) in [4.78, 5) is 11.9. The maximum absolute atomic E-state index is 13.2. The van der Waals surface area contributed by atoms with Gasteiger partial charge in [-0.2, -0.15) is 0 Å². The minimum atomic E-state index is -0.271. The minimum Gasteiger partial charge on any atom is -0.301 e. The highest BCUT2D eigenvalue weighted by atomic mass is 32.1. The predicted molar refractivity (Wildman–Crippen MR) is 98.8 cm³/mol. The lowest BCUT2D eigenvalue weighted by Gasteiger charge is -2.07. The molecule has 6 heteroatoms. The van der Waals surface area contributed by atoms with Crippen molar-refractivity contribution >= 4 is 22.4 Å². The number of nitrogens with zero attached hydrogens (tertiary/aromatic N) is 2. The highest BCUT2D eigenvalue weighted by Crippen LogP contribution is 2.34. The van der Waals surface area contributed by atoms with Gasteiger partial charge in [-0.25, -0.2) is 4.39 Å². The molecular weight excluding hydrogens is 337 g/mol. The monoisotopic (exact) mass is 355 g/mol. The van der Waals surface area contributed by atoms with Crippen LogP contribution in [0.2, 0.25) is 0 Å². The molecule has 1 aromatic heterocycles. The largest absolute Gasteiger partial charge is 0.301 e. The van der Waals surface area contributed by atoms with Gasteiger partial charge in [-0.15, -0.1) is 10.2 Å². The second-order valence-electron chi connectivity index (χ2n) is 6.11. The first-order valence-corrected chi connectivity index (χ1v) is 8.83. The van der Waals surface area contributed by atoms with Crippen molar-refractivity contribution in [2.45, 2.75) is 20.3 Å². The molecule has 0 radical (unpaired) electrons. The molecule has 1 amide bonds. The number of rotatable bonds is 5. The van der Waals surface area contributed by atoms with Crippen LogP contribution in [-0.2, 0) is 4.79 Å². The van der Waals surface area contributed by atoms with Crippen LogP contribution < -0.4 is 5.32 Å². The lowest BCUT2D eigenvalue weighted by atomic mass is 10.0. The summed E-state index contributed by atoms with van der Waals surface area (Å²) in [6, 6.07) is 14.1. The molecule has 4 nitrogen and oxygen atoms in total. The molecule has 1 N–H and O–H groups in total. The Labute approximate surface area is 149 Å². The van der Waals surface area contributed by atoms with Crippen LogP contribution in [0.25, 0.3) is 21.7 Å². The number of amides is 1. The van der Waals surface area contributed by atoms with Gasteiger partial charge in [0.25, 0.3) is 0 Å². The molecule has 0 aliphatic carbocycles. The van der Waals surface area contributed by atoms with E-state index in [9.17, 15) is 9.18 Å². The second kappa shape index (κ2) is 7.53. The molecule has 0 unspecified atom stereocenters. The van der Waals surface area contributed by atoms with E-state index in [1.807, 2.05) is 38.1 Å². The van der Waals surface area contributed by atoms with Crippen LogP contribution in [0.3, 0.4) is 0 Å². The molecule has 3 aromatic rings. The van der Waals surface area contributed by atoms with E-state index < -0.39 is 0 Å². The molecular formula is C19H18FN3OS. The van der Waals surface area contributed by atoms with Crippen LogP contribution in [0.1, 0.15) is 20.3 Å². The van der Waals surface area contributed by atoms with Gasteiger partial charge in [0, 0.05) is 12.0 Å². The summed E-state index contributed by atoms with van der Waals surface area (Å²) >= 11 is 1.33. The van der Waals surface area contributed by atoms with Crippen molar-refractivity contribution in [3.63, 3.8) is 0 Å². The summed E-state index contributed by atoms with van der Waals surface area (Å²) in [7, 11) is 0. The Hall–Kier alpha value is -2.60. The van der Waals surface area contributed by atoms with Gasteiger partial charge in [0.05, 0.1) is 0 Å². The summed E-state index contributed by atoms with van der Waals surface area (Å²) in [5, 5.41) is 12.2. The van der Waals surface area contributed by atoms with Crippen molar-refractivity contribution in [2.75, 3.05) is 5.32 Å². The molecule has 0 aliphatic rings. The second-order valence-corrected chi connectivity index (χ2v) is 7.09. The summed E-state index contributed by atoms with van der Waals surface area (Å²) in [5.74, 6) is -0.0524. The highest BCUT2D eigenvalue weighted by molar-refractivity contribution is 7.18. The third-order valence-corrected chi connectivity index (χ3v) is 4.45. The summed E-state index contributed by atoms with van der Waals surface area (Å²) in [6.45, 7) is 3.98. The fourth-order valence-corrected chi connectivity index (χ4v) is 3.27. The number of hydrogen-bond donors (Lipinski definition) is 1. The predicted octanol–water partition coefficient (Wildman–Crippen LogP) is 5.00. The number of benzene rings is 2. The van der Waals surface area contributed by atoms with Crippen LogP contribution in [0.5, 0.6) is 0 Å². The summed E-state index contributed by atoms with van der Waals surface area (Å²) in [6.07, 6.45) is 0.446. The van der Waals surface area contributed by atoms with E-state index >= 15 is 0 Å². The average Bonchev–Trinajstić information content (AvgIpc) is 3.03. The topological polar surface area (TPSA) is 54.9 Å². The SMILES string of the molecule is CC(C)CC(=O)Nc1nnc(-c2ccccc2-c2ccc(F)cc2)s1. The van der Waals surface area contributed by atoms with Crippen molar-refractivity contribution in [3.8, 4) is 21.7 Å². The van der Waals surface area contributed by atoms with E-state index in [1.165, 1.54) is 23.5 Å². The lowest BCUT2D eigenvalue weighted by Crippen LogP contribution is -2.13. The number of anilines is 1. The van der Waals surface area contributed by atoms with Crippen LogP contribution in [0, 0.1) is 11.7 Å². The Morgan fingerprint density at radius 3 is 2.44 bits per heavy atom. The number of carbonyl (C=O) groups is 1. The van der Waals surface area contributed by atoms with Crippen LogP contribution in [-0.4, -0.2) is 16.1 Å². The number of aromatic nitrogens is 2. The Bertz CT molecular complexity index is 874. The van der Waals surface area contributed by atoms with Crippen molar-refractivity contribution < 1.29 is 9.18 Å². The van der Waals surface area contributed by atoms with E-state index in [-0.39, 0.29) is 17.6 Å². The highest BCUT2D eigenvalue weighted by Gasteiger charge is 2.14. The molecule has 0 atom stereocenters. The molecule has 0 aliphatic heterocycles. The molecule has 1 heterocycles. The van der Waals surface area contributed by atoms with Gasteiger partial charge in [0.1, 0.15) is 10.8 Å². The van der Waals surface area contributed by atoms with Gasteiger partial charge in [-0.05, 0) is 29.2 Å². The molecule has 2 aromatic carbocycles. The molecule has 0 fully saturated rings. The molecule has 0 saturated heterocycles. The standard InChI is InChI=1S/C19H18FN3OS/c1-12(2)11-17(24)21-19-23-22-18(25-19)16-6-4-3-5-15(16)13-7-9-14(20)10-8-13/h3-10,12H,11H2,1-2H3,(H,21,23,24). The fourth-order valence-electron chi connectivity index (χ4n) is 2.47. The zero-order valence-electron chi connectivity index (χ0n) is 14.0. The van der Waals surface area contributed by atoms with E-state index in [1.54, 1.807) is 12.1 Å². The van der Waals surface area contributed by atoms with Gasteiger partial charge < -0.3 is 5.32 Å². The number of hydrogen-bond acceptors (Lipinski definition) is 4.